The number of rotatable bonds is 6. The molecule has 0 saturated carbocycles. The first-order valence-corrected chi connectivity index (χ1v) is 7.33. The SMILES string of the molecule is CCC(N)Cc1cc(Br)ccc1OCc1noc(C)n1. The third-order valence-electron chi connectivity index (χ3n) is 2.96. The highest BCUT2D eigenvalue weighted by molar-refractivity contribution is 9.10. The Balaban J connectivity index is 2.09. The lowest BCUT2D eigenvalue weighted by Crippen LogP contribution is -2.21. The lowest BCUT2D eigenvalue weighted by molar-refractivity contribution is 0.282. The zero-order chi connectivity index (χ0) is 14.5. The van der Waals surface area contributed by atoms with Gasteiger partial charge in [0.2, 0.25) is 11.7 Å². The Morgan fingerprint density at radius 3 is 2.90 bits per heavy atom. The van der Waals surface area contributed by atoms with Crippen LogP contribution >= 0.6 is 15.9 Å². The third kappa shape index (κ3) is 4.05. The van der Waals surface area contributed by atoms with E-state index in [2.05, 4.69) is 33.0 Å². The fraction of sp³-hybridized carbons (Fsp3) is 0.429. The van der Waals surface area contributed by atoms with Gasteiger partial charge in [0, 0.05) is 17.4 Å². The van der Waals surface area contributed by atoms with Gasteiger partial charge >= 0.3 is 0 Å². The summed E-state index contributed by atoms with van der Waals surface area (Å²) in [4.78, 5) is 4.11. The predicted octanol–water partition coefficient (Wildman–Crippen LogP) is 3.00. The second kappa shape index (κ2) is 6.85. The van der Waals surface area contributed by atoms with Crippen LogP contribution in [0.5, 0.6) is 5.75 Å². The molecule has 0 spiro atoms. The Labute approximate surface area is 126 Å². The van der Waals surface area contributed by atoms with Crippen molar-refractivity contribution in [2.24, 2.45) is 5.73 Å². The predicted molar refractivity (Wildman–Crippen MR) is 79.5 cm³/mol. The highest BCUT2D eigenvalue weighted by Crippen LogP contribution is 2.25. The van der Waals surface area contributed by atoms with Gasteiger partial charge in [0.25, 0.3) is 0 Å². The maximum Gasteiger partial charge on any atom is 0.223 e. The van der Waals surface area contributed by atoms with Crippen molar-refractivity contribution < 1.29 is 9.26 Å². The van der Waals surface area contributed by atoms with E-state index in [1.807, 2.05) is 18.2 Å². The number of benzene rings is 1. The Hall–Kier alpha value is -1.40. The molecule has 20 heavy (non-hydrogen) atoms. The molecular formula is C14H18BrN3O2. The van der Waals surface area contributed by atoms with Crippen molar-refractivity contribution in [3.05, 3.63) is 40.0 Å². The van der Waals surface area contributed by atoms with Crippen molar-refractivity contribution >= 4 is 15.9 Å². The molecular weight excluding hydrogens is 322 g/mol. The van der Waals surface area contributed by atoms with E-state index in [0.717, 1.165) is 28.6 Å². The first kappa shape index (κ1) is 15.0. The van der Waals surface area contributed by atoms with Gasteiger partial charge in [0.15, 0.2) is 6.61 Å². The summed E-state index contributed by atoms with van der Waals surface area (Å²) in [5.74, 6) is 1.88. The van der Waals surface area contributed by atoms with Crippen LogP contribution in [-0.4, -0.2) is 16.2 Å². The summed E-state index contributed by atoms with van der Waals surface area (Å²) in [6.07, 6.45) is 1.70. The molecule has 2 aromatic rings. The van der Waals surface area contributed by atoms with Crippen molar-refractivity contribution in [1.82, 2.24) is 10.1 Å². The quantitative estimate of drug-likeness (QED) is 0.875. The minimum absolute atomic E-state index is 0.124. The van der Waals surface area contributed by atoms with E-state index < -0.39 is 0 Å². The van der Waals surface area contributed by atoms with Crippen molar-refractivity contribution in [3.63, 3.8) is 0 Å². The van der Waals surface area contributed by atoms with E-state index in [4.69, 9.17) is 15.0 Å². The van der Waals surface area contributed by atoms with Gasteiger partial charge in [-0.25, -0.2) is 0 Å². The average molecular weight is 340 g/mol. The molecule has 108 valence electrons. The summed E-state index contributed by atoms with van der Waals surface area (Å²) in [5, 5.41) is 3.81. The molecule has 1 heterocycles. The molecule has 0 saturated heterocycles. The van der Waals surface area contributed by atoms with E-state index in [-0.39, 0.29) is 12.6 Å². The number of aryl methyl sites for hydroxylation is 1. The van der Waals surface area contributed by atoms with Crippen LogP contribution in [0.15, 0.2) is 27.2 Å². The highest BCUT2D eigenvalue weighted by atomic mass is 79.9. The molecule has 1 aromatic heterocycles. The Morgan fingerprint density at radius 1 is 1.45 bits per heavy atom. The standard InChI is InChI=1S/C14H18BrN3O2/c1-3-12(16)7-10-6-11(15)4-5-13(10)19-8-14-17-9(2)20-18-14/h4-6,12H,3,7-8,16H2,1-2H3. The molecule has 0 aliphatic rings. The van der Waals surface area contributed by atoms with E-state index in [1.54, 1.807) is 6.92 Å². The van der Waals surface area contributed by atoms with Crippen molar-refractivity contribution in [1.29, 1.82) is 0 Å². The van der Waals surface area contributed by atoms with Crippen LogP contribution in [0, 0.1) is 6.92 Å². The fourth-order valence-electron chi connectivity index (χ4n) is 1.82. The molecule has 0 aliphatic carbocycles. The number of hydrogen-bond donors (Lipinski definition) is 1. The van der Waals surface area contributed by atoms with Crippen LogP contribution in [0.3, 0.4) is 0 Å². The van der Waals surface area contributed by atoms with Crippen LogP contribution in [0.1, 0.15) is 30.6 Å². The molecule has 0 amide bonds. The van der Waals surface area contributed by atoms with Gasteiger partial charge in [0.05, 0.1) is 0 Å². The molecule has 0 radical (unpaired) electrons. The Morgan fingerprint density at radius 2 is 2.25 bits per heavy atom. The van der Waals surface area contributed by atoms with Gasteiger partial charge in [-0.2, -0.15) is 4.98 Å². The molecule has 5 nitrogen and oxygen atoms in total. The van der Waals surface area contributed by atoms with E-state index >= 15 is 0 Å². The molecule has 1 aromatic carbocycles. The number of hydrogen-bond acceptors (Lipinski definition) is 5. The monoisotopic (exact) mass is 339 g/mol. The number of nitrogens with two attached hydrogens (primary N) is 1. The normalized spacial score (nSPS) is 12.4. The number of halogens is 1. The summed E-state index contributed by atoms with van der Waals surface area (Å²) in [7, 11) is 0. The van der Waals surface area contributed by atoms with Crippen LogP contribution in [0.4, 0.5) is 0 Å². The van der Waals surface area contributed by atoms with Crippen molar-refractivity contribution in [2.45, 2.75) is 39.3 Å². The Bertz CT molecular complexity index is 571. The molecule has 6 heteroatoms. The molecule has 2 rings (SSSR count). The minimum atomic E-state index is 0.124. The van der Waals surface area contributed by atoms with Gasteiger partial charge in [-0.1, -0.05) is 28.0 Å². The van der Waals surface area contributed by atoms with Crippen LogP contribution in [0.25, 0.3) is 0 Å². The van der Waals surface area contributed by atoms with E-state index in [1.165, 1.54) is 0 Å². The third-order valence-corrected chi connectivity index (χ3v) is 3.45. The first-order valence-electron chi connectivity index (χ1n) is 6.54. The summed E-state index contributed by atoms with van der Waals surface area (Å²) in [6, 6.07) is 6.03. The Kier molecular flexibility index (Phi) is 5.14. The summed E-state index contributed by atoms with van der Waals surface area (Å²) < 4.78 is 11.7. The van der Waals surface area contributed by atoms with Gasteiger partial charge in [0.1, 0.15) is 5.75 Å². The summed E-state index contributed by atoms with van der Waals surface area (Å²) >= 11 is 3.47. The minimum Gasteiger partial charge on any atom is -0.485 e. The van der Waals surface area contributed by atoms with Crippen LogP contribution in [-0.2, 0) is 13.0 Å². The topological polar surface area (TPSA) is 74.2 Å². The second-order valence-corrected chi connectivity index (χ2v) is 5.56. The summed E-state index contributed by atoms with van der Waals surface area (Å²) in [5.41, 5.74) is 7.10. The van der Waals surface area contributed by atoms with E-state index in [9.17, 15) is 0 Å². The zero-order valence-corrected chi connectivity index (χ0v) is 13.2. The second-order valence-electron chi connectivity index (χ2n) is 4.64. The van der Waals surface area contributed by atoms with Crippen molar-refractivity contribution in [2.75, 3.05) is 0 Å². The molecule has 2 N–H and O–H groups in total. The molecule has 0 fully saturated rings. The lowest BCUT2D eigenvalue weighted by Gasteiger charge is -2.14. The largest absolute Gasteiger partial charge is 0.485 e. The van der Waals surface area contributed by atoms with Gasteiger partial charge in [-0.3, -0.25) is 0 Å². The van der Waals surface area contributed by atoms with Gasteiger partial charge in [-0.05, 0) is 36.6 Å². The molecule has 1 unspecified atom stereocenters. The van der Waals surface area contributed by atoms with E-state index in [0.29, 0.717) is 11.7 Å². The van der Waals surface area contributed by atoms with Crippen LogP contribution in [0.2, 0.25) is 0 Å². The highest BCUT2D eigenvalue weighted by Gasteiger charge is 2.10. The zero-order valence-electron chi connectivity index (χ0n) is 11.6. The maximum atomic E-state index is 6.02. The fourth-order valence-corrected chi connectivity index (χ4v) is 2.23. The lowest BCUT2D eigenvalue weighted by atomic mass is 10.0. The number of ether oxygens (including phenoxy) is 1. The van der Waals surface area contributed by atoms with Crippen LogP contribution < -0.4 is 10.5 Å². The number of aromatic nitrogens is 2. The maximum absolute atomic E-state index is 6.02. The van der Waals surface area contributed by atoms with Gasteiger partial charge in [-0.15, -0.1) is 0 Å². The average Bonchev–Trinajstić information content (AvgIpc) is 2.83. The molecule has 0 bridgehead atoms. The smallest absolute Gasteiger partial charge is 0.223 e. The summed E-state index contributed by atoms with van der Waals surface area (Å²) in [6.45, 7) is 4.11. The van der Waals surface area contributed by atoms with Gasteiger partial charge < -0.3 is 15.0 Å². The molecule has 0 aliphatic heterocycles. The van der Waals surface area contributed by atoms with Crippen molar-refractivity contribution in [3.8, 4) is 5.75 Å². The molecule has 1 atom stereocenters. The number of nitrogens with zero attached hydrogens (tertiary/aromatic N) is 2. The first-order chi connectivity index (χ1) is 9.58.